The SMILES string of the molecule is COC(=O)C1=C(C)NC(C)=C(C(=O)OC)C1c1occc1[Si](C)(C)C. The lowest BCUT2D eigenvalue weighted by Crippen LogP contribution is -2.42. The average Bonchev–Trinajstić information content (AvgIpc) is 3.02. The second kappa shape index (κ2) is 6.91. The normalized spacial score (nSPS) is 16.0. The largest absolute Gasteiger partial charge is 0.468 e. The molecule has 0 atom stereocenters. The van der Waals surface area contributed by atoms with Gasteiger partial charge in [0.05, 0.1) is 45.6 Å². The Hall–Kier alpha value is -2.28. The summed E-state index contributed by atoms with van der Waals surface area (Å²) in [5.74, 6) is -1.04. The number of hydrogen-bond donors (Lipinski definition) is 1. The summed E-state index contributed by atoms with van der Waals surface area (Å²) < 4.78 is 15.7. The van der Waals surface area contributed by atoms with Crippen LogP contribution in [0.1, 0.15) is 25.5 Å². The van der Waals surface area contributed by atoms with E-state index in [0.29, 0.717) is 28.3 Å². The minimum absolute atomic E-state index is 0.364. The molecule has 1 aliphatic rings. The van der Waals surface area contributed by atoms with Gasteiger partial charge >= 0.3 is 11.9 Å². The van der Waals surface area contributed by atoms with E-state index >= 15 is 0 Å². The van der Waals surface area contributed by atoms with E-state index in [1.54, 1.807) is 20.1 Å². The first-order chi connectivity index (χ1) is 11.6. The Labute approximate surface area is 148 Å². The first-order valence-electron chi connectivity index (χ1n) is 8.06. The second-order valence-corrected chi connectivity index (χ2v) is 12.1. The highest BCUT2D eigenvalue weighted by atomic mass is 28.3. The Kier molecular flexibility index (Phi) is 5.27. The number of esters is 2. The summed E-state index contributed by atoms with van der Waals surface area (Å²) in [4.78, 5) is 25.0. The molecule has 136 valence electrons. The minimum atomic E-state index is -1.77. The molecule has 0 aromatic carbocycles. The average molecular weight is 363 g/mol. The van der Waals surface area contributed by atoms with Crippen LogP contribution in [0.15, 0.2) is 39.3 Å². The van der Waals surface area contributed by atoms with Gasteiger partial charge in [0.2, 0.25) is 0 Å². The van der Waals surface area contributed by atoms with Crippen molar-refractivity contribution >= 4 is 25.2 Å². The molecule has 0 unspecified atom stereocenters. The van der Waals surface area contributed by atoms with Gasteiger partial charge in [-0.25, -0.2) is 9.59 Å². The molecule has 0 saturated carbocycles. The number of dihydropyridines is 1. The topological polar surface area (TPSA) is 77.8 Å². The molecule has 1 aromatic heterocycles. The highest BCUT2D eigenvalue weighted by molar-refractivity contribution is 6.89. The summed E-state index contributed by atoms with van der Waals surface area (Å²) >= 11 is 0. The standard InChI is InChI=1S/C18H25NO5Si/c1-10-13(17(20)22-3)15(14(11(2)19-10)18(21)23-4)16-12(8-9-24-16)25(5,6)7/h8-9,15,19H,1-7H3. The summed E-state index contributed by atoms with van der Waals surface area (Å²) in [5, 5.41) is 4.15. The van der Waals surface area contributed by atoms with Gasteiger partial charge < -0.3 is 19.2 Å². The first kappa shape index (κ1) is 19.0. The summed E-state index contributed by atoms with van der Waals surface area (Å²) in [6.45, 7) is 10.1. The van der Waals surface area contributed by atoms with Crippen LogP contribution >= 0.6 is 0 Å². The van der Waals surface area contributed by atoms with E-state index in [4.69, 9.17) is 13.9 Å². The van der Waals surface area contributed by atoms with Gasteiger partial charge in [0.15, 0.2) is 0 Å². The number of carbonyl (C=O) groups excluding carboxylic acids is 2. The van der Waals surface area contributed by atoms with E-state index < -0.39 is 25.9 Å². The molecule has 1 aromatic rings. The summed E-state index contributed by atoms with van der Waals surface area (Å²) in [7, 11) is 0.881. The first-order valence-corrected chi connectivity index (χ1v) is 11.6. The molecule has 7 heteroatoms. The van der Waals surface area contributed by atoms with Gasteiger partial charge in [-0.3, -0.25) is 0 Å². The summed E-state index contributed by atoms with van der Waals surface area (Å²) in [6, 6.07) is 1.93. The molecule has 6 nitrogen and oxygen atoms in total. The van der Waals surface area contributed by atoms with Gasteiger partial charge in [0, 0.05) is 11.4 Å². The van der Waals surface area contributed by atoms with Crippen LogP contribution in [-0.2, 0) is 19.1 Å². The Bertz CT molecular complexity index is 729. The molecule has 0 bridgehead atoms. The maximum absolute atomic E-state index is 12.5. The van der Waals surface area contributed by atoms with Gasteiger partial charge in [-0.05, 0) is 25.1 Å². The van der Waals surface area contributed by atoms with E-state index in [0.717, 1.165) is 5.19 Å². The lowest BCUT2D eigenvalue weighted by Gasteiger charge is -2.30. The molecule has 0 aliphatic carbocycles. The molecule has 0 saturated heterocycles. The van der Waals surface area contributed by atoms with Crippen LogP contribution in [0.25, 0.3) is 0 Å². The monoisotopic (exact) mass is 363 g/mol. The van der Waals surface area contributed by atoms with Crippen molar-refractivity contribution in [2.45, 2.75) is 39.4 Å². The molecule has 2 heterocycles. The number of nitrogens with one attached hydrogen (secondary N) is 1. The maximum atomic E-state index is 12.5. The van der Waals surface area contributed by atoms with E-state index in [2.05, 4.69) is 25.0 Å². The lowest BCUT2D eigenvalue weighted by atomic mass is 9.83. The Morgan fingerprint density at radius 3 is 1.92 bits per heavy atom. The summed E-state index contributed by atoms with van der Waals surface area (Å²) in [6.07, 6.45) is 1.61. The molecule has 0 spiro atoms. The predicted octanol–water partition coefficient (Wildman–Crippen LogP) is 2.41. The van der Waals surface area contributed by atoms with Gasteiger partial charge in [-0.1, -0.05) is 19.6 Å². The second-order valence-electron chi connectivity index (χ2n) is 7.07. The Morgan fingerprint density at radius 1 is 1.04 bits per heavy atom. The van der Waals surface area contributed by atoms with Crippen molar-refractivity contribution in [1.29, 1.82) is 0 Å². The highest BCUT2D eigenvalue weighted by Gasteiger charge is 2.41. The predicted molar refractivity (Wildman–Crippen MR) is 97.0 cm³/mol. The van der Waals surface area contributed by atoms with E-state index in [-0.39, 0.29) is 0 Å². The van der Waals surface area contributed by atoms with Crippen molar-refractivity contribution in [3.63, 3.8) is 0 Å². The zero-order valence-corrected chi connectivity index (χ0v) is 16.8. The quantitative estimate of drug-likeness (QED) is 0.654. The van der Waals surface area contributed by atoms with Crippen LogP contribution in [0, 0.1) is 0 Å². The number of methoxy groups -OCH3 is 2. The van der Waals surface area contributed by atoms with Crippen molar-refractivity contribution < 1.29 is 23.5 Å². The minimum Gasteiger partial charge on any atom is -0.468 e. The number of carbonyl (C=O) groups is 2. The van der Waals surface area contributed by atoms with Crippen LogP contribution in [0.5, 0.6) is 0 Å². The zero-order valence-electron chi connectivity index (χ0n) is 15.8. The van der Waals surface area contributed by atoms with Crippen molar-refractivity contribution in [3.8, 4) is 0 Å². The van der Waals surface area contributed by atoms with Crippen LogP contribution in [0.3, 0.4) is 0 Å². The molecule has 1 aliphatic heterocycles. The third-order valence-electron chi connectivity index (χ3n) is 4.34. The van der Waals surface area contributed by atoms with Gasteiger partial charge in [-0.15, -0.1) is 0 Å². The fraction of sp³-hybridized carbons (Fsp3) is 0.444. The molecule has 0 fully saturated rings. The third kappa shape index (κ3) is 3.42. The lowest BCUT2D eigenvalue weighted by molar-refractivity contribution is -0.137. The van der Waals surface area contributed by atoms with Gasteiger partial charge in [0.25, 0.3) is 0 Å². The van der Waals surface area contributed by atoms with Crippen molar-refractivity contribution in [2.75, 3.05) is 14.2 Å². The van der Waals surface area contributed by atoms with E-state index in [9.17, 15) is 9.59 Å². The van der Waals surface area contributed by atoms with Crippen LogP contribution in [0.4, 0.5) is 0 Å². The van der Waals surface area contributed by atoms with Gasteiger partial charge in [-0.2, -0.15) is 0 Å². The van der Waals surface area contributed by atoms with Crippen molar-refractivity contribution in [3.05, 3.63) is 40.6 Å². The van der Waals surface area contributed by atoms with E-state index in [1.807, 2.05) is 6.07 Å². The van der Waals surface area contributed by atoms with Crippen LogP contribution in [0.2, 0.25) is 19.6 Å². The molecule has 1 N–H and O–H groups in total. The molecular weight excluding hydrogens is 338 g/mol. The fourth-order valence-corrected chi connectivity index (χ4v) is 4.69. The maximum Gasteiger partial charge on any atom is 0.336 e. The van der Waals surface area contributed by atoms with Gasteiger partial charge in [0.1, 0.15) is 5.76 Å². The molecule has 0 amide bonds. The number of rotatable bonds is 4. The molecule has 2 rings (SSSR count). The zero-order chi connectivity index (χ0) is 18.9. The van der Waals surface area contributed by atoms with Crippen molar-refractivity contribution in [1.82, 2.24) is 5.32 Å². The summed E-state index contributed by atoms with van der Waals surface area (Å²) in [5.41, 5.74) is 2.01. The van der Waals surface area contributed by atoms with E-state index in [1.165, 1.54) is 14.2 Å². The number of allylic oxidation sites excluding steroid dienone is 2. The Balaban J connectivity index is 2.76. The number of furan rings is 1. The molecule has 0 radical (unpaired) electrons. The van der Waals surface area contributed by atoms with Crippen LogP contribution < -0.4 is 10.5 Å². The molecule has 25 heavy (non-hydrogen) atoms. The van der Waals surface area contributed by atoms with Crippen LogP contribution in [-0.4, -0.2) is 34.2 Å². The fourth-order valence-electron chi connectivity index (χ4n) is 3.18. The number of ether oxygens (including phenoxy) is 2. The Morgan fingerprint density at radius 2 is 1.52 bits per heavy atom. The number of hydrogen-bond acceptors (Lipinski definition) is 6. The third-order valence-corrected chi connectivity index (χ3v) is 6.37. The smallest absolute Gasteiger partial charge is 0.336 e. The molecular formula is C18H25NO5Si. The van der Waals surface area contributed by atoms with Crippen molar-refractivity contribution in [2.24, 2.45) is 0 Å². The highest BCUT2D eigenvalue weighted by Crippen LogP contribution is 2.39.